The monoisotopic (exact) mass is 220 g/mol. The summed E-state index contributed by atoms with van der Waals surface area (Å²) in [6, 6.07) is 0.389. The minimum atomic E-state index is -1.59. The Bertz CT molecular complexity index is 347. The Morgan fingerprint density at radius 1 is 0.933 bits per heavy atom. The molecule has 0 N–H and O–H groups in total. The van der Waals surface area contributed by atoms with Crippen molar-refractivity contribution in [2.45, 2.75) is 32.6 Å². The van der Waals surface area contributed by atoms with E-state index in [-0.39, 0.29) is 12.0 Å². The Kier molecular flexibility index (Phi) is 4.12. The van der Waals surface area contributed by atoms with E-state index in [4.69, 9.17) is 0 Å². The minimum Gasteiger partial charge on any atom is -0.206 e. The molecule has 0 radical (unpaired) electrons. The number of rotatable bonds is 4. The summed E-state index contributed by atoms with van der Waals surface area (Å²) in [5, 5.41) is 0. The molecule has 0 aromatic heterocycles. The summed E-state index contributed by atoms with van der Waals surface area (Å²) in [5.74, 6) is -5.49. The molecule has 0 unspecified atom stereocenters. The van der Waals surface area contributed by atoms with Gasteiger partial charge in [-0.1, -0.05) is 19.8 Å². The highest BCUT2D eigenvalue weighted by molar-refractivity contribution is 5.22. The van der Waals surface area contributed by atoms with Gasteiger partial charge in [0.15, 0.2) is 17.5 Å². The number of hydrogen-bond acceptors (Lipinski definition) is 0. The molecule has 4 heteroatoms. The Hall–Kier alpha value is -1.06. The van der Waals surface area contributed by atoms with Crippen molar-refractivity contribution in [2.75, 3.05) is 0 Å². The van der Waals surface area contributed by atoms with Gasteiger partial charge in [0, 0.05) is 11.6 Å². The first kappa shape index (κ1) is 12.0. The SMILES string of the molecule is CCCCCc1c(F)cc(F)c(F)c1F. The lowest BCUT2D eigenvalue weighted by molar-refractivity contribution is 0.423. The van der Waals surface area contributed by atoms with Gasteiger partial charge in [-0.2, -0.15) is 0 Å². The molecule has 0 amide bonds. The van der Waals surface area contributed by atoms with E-state index >= 15 is 0 Å². The number of hydrogen-bond donors (Lipinski definition) is 0. The molecular formula is C11H12F4. The predicted octanol–water partition coefficient (Wildman–Crippen LogP) is 3.98. The van der Waals surface area contributed by atoms with Crippen LogP contribution in [0.1, 0.15) is 31.7 Å². The van der Waals surface area contributed by atoms with E-state index in [0.29, 0.717) is 12.5 Å². The highest BCUT2D eigenvalue weighted by Crippen LogP contribution is 2.20. The van der Waals surface area contributed by atoms with Crippen LogP contribution in [-0.4, -0.2) is 0 Å². The molecule has 0 saturated carbocycles. The third-order valence-electron chi connectivity index (χ3n) is 2.24. The van der Waals surface area contributed by atoms with Crippen LogP contribution >= 0.6 is 0 Å². The van der Waals surface area contributed by atoms with Crippen LogP contribution in [0.3, 0.4) is 0 Å². The van der Waals surface area contributed by atoms with E-state index in [2.05, 4.69) is 0 Å². The zero-order valence-electron chi connectivity index (χ0n) is 8.42. The van der Waals surface area contributed by atoms with Crippen LogP contribution in [0.2, 0.25) is 0 Å². The molecule has 15 heavy (non-hydrogen) atoms. The molecule has 84 valence electrons. The van der Waals surface area contributed by atoms with Crippen LogP contribution in [0.15, 0.2) is 6.07 Å². The average Bonchev–Trinajstić information content (AvgIpc) is 2.20. The van der Waals surface area contributed by atoms with Gasteiger partial charge in [0.1, 0.15) is 5.82 Å². The Morgan fingerprint density at radius 3 is 2.20 bits per heavy atom. The molecular weight excluding hydrogens is 208 g/mol. The molecule has 0 atom stereocenters. The lowest BCUT2D eigenvalue weighted by Crippen LogP contribution is -2.02. The zero-order chi connectivity index (χ0) is 11.4. The van der Waals surface area contributed by atoms with Gasteiger partial charge in [0.05, 0.1) is 0 Å². The number of halogens is 4. The van der Waals surface area contributed by atoms with Gasteiger partial charge in [0.2, 0.25) is 0 Å². The van der Waals surface area contributed by atoms with Gasteiger partial charge < -0.3 is 0 Å². The molecule has 0 spiro atoms. The van der Waals surface area contributed by atoms with E-state index in [1.54, 1.807) is 0 Å². The van der Waals surface area contributed by atoms with E-state index in [9.17, 15) is 17.6 Å². The summed E-state index contributed by atoms with van der Waals surface area (Å²) in [7, 11) is 0. The summed E-state index contributed by atoms with van der Waals surface area (Å²) in [4.78, 5) is 0. The fourth-order valence-corrected chi connectivity index (χ4v) is 1.38. The largest absolute Gasteiger partial charge is 0.206 e. The molecule has 1 aromatic rings. The summed E-state index contributed by atoms with van der Waals surface area (Å²) < 4.78 is 51.5. The molecule has 1 rings (SSSR count). The van der Waals surface area contributed by atoms with Crippen molar-refractivity contribution in [1.29, 1.82) is 0 Å². The van der Waals surface area contributed by atoms with Crippen LogP contribution < -0.4 is 0 Å². The van der Waals surface area contributed by atoms with Gasteiger partial charge >= 0.3 is 0 Å². The van der Waals surface area contributed by atoms with Crippen molar-refractivity contribution in [3.8, 4) is 0 Å². The normalized spacial score (nSPS) is 10.7. The topological polar surface area (TPSA) is 0 Å². The Balaban J connectivity index is 2.92. The molecule has 1 aromatic carbocycles. The highest BCUT2D eigenvalue weighted by Gasteiger charge is 2.18. The number of unbranched alkanes of at least 4 members (excludes halogenated alkanes) is 2. The quantitative estimate of drug-likeness (QED) is 0.311. The van der Waals surface area contributed by atoms with Crippen molar-refractivity contribution in [1.82, 2.24) is 0 Å². The Morgan fingerprint density at radius 2 is 1.60 bits per heavy atom. The Labute approximate surface area is 85.9 Å². The smallest absolute Gasteiger partial charge is 0.194 e. The summed E-state index contributed by atoms with van der Waals surface area (Å²) in [6.45, 7) is 1.94. The van der Waals surface area contributed by atoms with Gasteiger partial charge in [-0.25, -0.2) is 17.6 Å². The van der Waals surface area contributed by atoms with Crippen LogP contribution in [0, 0.1) is 23.3 Å². The molecule has 0 nitrogen and oxygen atoms in total. The fraction of sp³-hybridized carbons (Fsp3) is 0.455. The standard InChI is InChI=1S/C11H12F4/c1-2-3-4-5-7-8(12)6-9(13)11(15)10(7)14/h6H,2-5H2,1H3. The van der Waals surface area contributed by atoms with E-state index in [1.807, 2.05) is 6.92 Å². The van der Waals surface area contributed by atoms with Crippen LogP contribution in [0.5, 0.6) is 0 Å². The maximum Gasteiger partial charge on any atom is 0.194 e. The maximum absolute atomic E-state index is 13.1. The molecule has 0 bridgehead atoms. The number of benzene rings is 1. The lowest BCUT2D eigenvalue weighted by Gasteiger charge is -2.05. The van der Waals surface area contributed by atoms with Crippen LogP contribution in [0.4, 0.5) is 17.6 Å². The molecule has 0 fully saturated rings. The third-order valence-corrected chi connectivity index (χ3v) is 2.24. The predicted molar refractivity (Wildman–Crippen MR) is 49.5 cm³/mol. The van der Waals surface area contributed by atoms with Crippen molar-refractivity contribution >= 4 is 0 Å². The van der Waals surface area contributed by atoms with Gasteiger partial charge in [-0.3, -0.25) is 0 Å². The zero-order valence-corrected chi connectivity index (χ0v) is 8.42. The summed E-state index contributed by atoms with van der Waals surface area (Å²) >= 11 is 0. The van der Waals surface area contributed by atoms with Crippen molar-refractivity contribution in [3.63, 3.8) is 0 Å². The second-order valence-electron chi connectivity index (χ2n) is 3.40. The van der Waals surface area contributed by atoms with Crippen molar-refractivity contribution in [3.05, 3.63) is 34.9 Å². The summed E-state index contributed by atoms with van der Waals surface area (Å²) in [6.07, 6.45) is 2.36. The minimum absolute atomic E-state index is 0.0999. The van der Waals surface area contributed by atoms with Gasteiger partial charge in [0.25, 0.3) is 0 Å². The molecule has 0 aliphatic carbocycles. The second kappa shape index (κ2) is 5.14. The second-order valence-corrected chi connectivity index (χ2v) is 3.40. The van der Waals surface area contributed by atoms with E-state index in [0.717, 1.165) is 12.8 Å². The average molecular weight is 220 g/mol. The molecule has 0 heterocycles. The molecule has 0 aliphatic heterocycles. The first-order chi connectivity index (χ1) is 7.07. The van der Waals surface area contributed by atoms with Crippen LogP contribution in [-0.2, 0) is 6.42 Å². The van der Waals surface area contributed by atoms with E-state index < -0.39 is 23.3 Å². The van der Waals surface area contributed by atoms with E-state index in [1.165, 1.54) is 0 Å². The summed E-state index contributed by atoms with van der Waals surface area (Å²) in [5.41, 5.74) is -0.359. The lowest BCUT2D eigenvalue weighted by atomic mass is 10.1. The van der Waals surface area contributed by atoms with Crippen molar-refractivity contribution < 1.29 is 17.6 Å². The molecule has 0 saturated heterocycles. The van der Waals surface area contributed by atoms with Gasteiger partial charge in [-0.05, 0) is 12.8 Å². The first-order valence-corrected chi connectivity index (χ1v) is 4.89. The third kappa shape index (κ3) is 2.70. The first-order valence-electron chi connectivity index (χ1n) is 4.89. The van der Waals surface area contributed by atoms with Gasteiger partial charge in [-0.15, -0.1) is 0 Å². The van der Waals surface area contributed by atoms with Crippen molar-refractivity contribution in [2.24, 2.45) is 0 Å². The van der Waals surface area contributed by atoms with Crippen LogP contribution in [0.25, 0.3) is 0 Å². The fourth-order valence-electron chi connectivity index (χ4n) is 1.38. The molecule has 0 aliphatic rings. The highest BCUT2D eigenvalue weighted by atomic mass is 19.2. The maximum atomic E-state index is 13.1.